The highest BCUT2D eigenvalue weighted by atomic mass is 79.9. The van der Waals surface area contributed by atoms with E-state index in [4.69, 9.17) is 0 Å². The molecule has 0 aliphatic carbocycles. The molecule has 2 aromatic carbocycles. The predicted octanol–water partition coefficient (Wildman–Crippen LogP) is 4.65. The van der Waals surface area contributed by atoms with Gasteiger partial charge in [0.15, 0.2) is 0 Å². The van der Waals surface area contributed by atoms with Crippen LogP contribution >= 0.6 is 15.9 Å². The SMILES string of the molecule is CNC(c1cc(F)c(C)cc1F)c1cccc(C)c1Br. The first-order chi connectivity index (χ1) is 9.45. The number of benzene rings is 2. The highest BCUT2D eigenvalue weighted by Gasteiger charge is 2.20. The zero-order valence-corrected chi connectivity index (χ0v) is 13.2. The van der Waals surface area contributed by atoms with Gasteiger partial charge >= 0.3 is 0 Å². The quantitative estimate of drug-likeness (QED) is 0.857. The second-order valence-electron chi connectivity index (χ2n) is 4.82. The predicted molar refractivity (Wildman–Crippen MR) is 80.9 cm³/mol. The summed E-state index contributed by atoms with van der Waals surface area (Å²) in [5, 5.41) is 3.05. The van der Waals surface area contributed by atoms with Gasteiger partial charge < -0.3 is 5.32 Å². The molecule has 0 aliphatic heterocycles. The van der Waals surface area contributed by atoms with Gasteiger partial charge in [-0.1, -0.05) is 34.1 Å². The molecule has 4 heteroatoms. The minimum absolute atomic E-state index is 0.307. The number of aryl methyl sites for hydroxylation is 2. The molecule has 2 rings (SSSR count). The molecule has 1 atom stereocenters. The highest BCUT2D eigenvalue weighted by molar-refractivity contribution is 9.10. The van der Waals surface area contributed by atoms with Crippen LogP contribution in [0.5, 0.6) is 0 Å². The Kier molecular flexibility index (Phi) is 4.55. The van der Waals surface area contributed by atoms with E-state index in [0.29, 0.717) is 11.1 Å². The Morgan fingerprint density at radius 3 is 2.35 bits per heavy atom. The summed E-state index contributed by atoms with van der Waals surface area (Å²) in [6.07, 6.45) is 0. The summed E-state index contributed by atoms with van der Waals surface area (Å²) < 4.78 is 28.8. The molecular weight excluding hydrogens is 324 g/mol. The fourth-order valence-electron chi connectivity index (χ4n) is 2.25. The van der Waals surface area contributed by atoms with Crippen LogP contribution < -0.4 is 5.32 Å². The average Bonchev–Trinajstić information content (AvgIpc) is 2.41. The Hall–Kier alpha value is -1.26. The van der Waals surface area contributed by atoms with Crippen molar-refractivity contribution in [1.82, 2.24) is 5.32 Å². The van der Waals surface area contributed by atoms with Crippen molar-refractivity contribution in [2.75, 3.05) is 7.05 Å². The maximum absolute atomic E-state index is 14.2. The van der Waals surface area contributed by atoms with Gasteiger partial charge in [0.2, 0.25) is 0 Å². The molecule has 0 spiro atoms. The second-order valence-corrected chi connectivity index (χ2v) is 5.62. The summed E-state index contributed by atoms with van der Waals surface area (Å²) in [5.74, 6) is -0.804. The summed E-state index contributed by atoms with van der Waals surface area (Å²) in [7, 11) is 1.73. The van der Waals surface area contributed by atoms with Crippen LogP contribution in [0, 0.1) is 25.5 Å². The van der Waals surface area contributed by atoms with Crippen molar-refractivity contribution in [3.05, 3.63) is 68.7 Å². The Labute approximate surface area is 126 Å². The van der Waals surface area contributed by atoms with E-state index in [9.17, 15) is 8.78 Å². The van der Waals surface area contributed by atoms with Crippen LogP contribution in [0.2, 0.25) is 0 Å². The molecule has 0 heterocycles. The van der Waals surface area contributed by atoms with Gasteiger partial charge in [0.25, 0.3) is 0 Å². The van der Waals surface area contributed by atoms with Crippen LogP contribution in [-0.2, 0) is 0 Å². The Morgan fingerprint density at radius 2 is 1.70 bits per heavy atom. The van der Waals surface area contributed by atoms with Crippen molar-refractivity contribution in [2.24, 2.45) is 0 Å². The maximum Gasteiger partial charge on any atom is 0.128 e. The van der Waals surface area contributed by atoms with E-state index in [-0.39, 0.29) is 0 Å². The first kappa shape index (κ1) is 15.1. The van der Waals surface area contributed by atoms with E-state index < -0.39 is 17.7 Å². The van der Waals surface area contributed by atoms with Crippen LogP contribution in [0.4, 0.5) is 8.78 Å². The molecule has 0 saturated carbocycles. The third-order valence-corrected chi connectivity index (χ3v) is 4.49. The normalized spacial score (nSPS) is 12.5. The number of hydrogen-bond acceptors (Lipinski definition) is 1. The maximum atomic E-state index is 14.2. The lowest BCUT2D eigenvalue weighted by molar-refractivity contribution is 0.553. The molecule has 0 radical (unpaired) electrons. The van der Waals surface area contributed by atoms with Crippen LogP contribution in [0.3, 0.4) is 0 Å². The van der Waals surface area contributed by atoms with Crippen molar-refractivity contribution in [3.8, 4) is 0 Å². The van der Waals surface area contributed by atoms with Gasteiger partial charge in [0.05, 0.1) is 6.04 Å². The average molecular weight is 340 g/mol. The monoisotopic (exact) mass is 339 g/mol. The second kappa shape index (κ2) is 6.02. The fourth-order valence-corrected chi connectivity index (χ4v) is 2.75. The van der Waals surface area contributed by atoms with Gasteiger partial charge in [-0.2, -0.15) is 0 Å². The van der Waals surface area contributed by atoms with Gasteiger partial charge in [0, 0.05) is 10.0 Å². The fraction of sp³-hybridized carbons (Fsp3) is 0.250. The van der Waals surface area contributed by atoms with Gasteiger partial charge in [-0.05, 0) is 49.7 Å². The molecule has 0 fully saturated rings. The Balaban J connectivity index is 2.58. The lowest BCUT2D eigenvalue weighted by Gasteiger charge is -2.20. The first-order valence-corrected chi connectivity index (χ1v) is 7.12. The van der Waals surface area contributed by atoms with Crippen molar-refractivity contribution in [2.45, 2.75) is 19.9 Å². The van der Waals surface area contributed by atoms with E-state index in [2.05, 4.69) is 21.2 Å². The molecule has 0 amide bonds. The minimum Gasteiger partial charge on any atom is -0.309 e. The first-order valence-electron chi connectivity index (χ1n) is 6.33. The van der Waals surface area contributed by atoms with Gasteiger partial charge in [-0.15, -0.1) is 0 Å². The topological polar surface area (TPSA) is 12.0 Å². The molecule has 1 nitrogen and oxygen atoms in total. The molecule has 20 heavy (non-hydrogen) atoms. The summed E-state index contributed by atoms with van der Waals surface area (Å²) in [5.41, 5.74) is 2.55. The van der Waals surface area contributed by atoms with Gasteiger partial charge in [0.1, 0.15) is 11.6 Å². The highest BCUT2D eigenvalue weighted by Crippen LogP contribution is 2.32. The van der Waals surface area contributed by atoms with Crippen molar-refractivity contribution in [1.29, 1.82) is 0 Å². The largest absolute Gasteiger partial charge is 0.309 e. The smallest absolute Gasteiger partial charge is 0.128 e. The van der Waals surface area contributed by atoms with Crippen molar-refractivity contribution < 1.29 is 8.78 Å². The summed E-state index contributed by atoms with van der Waals surface area (Å²) in [6, 6.07) is 7.86. The van der Waals surface area contributed by atoms with E-state index in [1.165, 1.54) is 12.1 Å². The van der Waals surface area contributed by atoms with Crippen LogP contribution in [0.25, 0.3) is 0 Å². The zero-order chi connectivity index (χ0) is 14.9. The molecule has 0 aliphatic rings. The number of hydrogen-bond donors (Lipinski definition) is 1. The molecule has 1 N–H and O–H groups in total. The van der Waals surface area contributed by atoms with E-state index in [0.717, 1.165) is 15.6 Å². The lowest BCUT2D eigenvalue weighted by Crippen LogP contribution is -2.20. The Morgan fingerprint density at radius 1 is 1.00 bits per heavy atom. The third kappa shape index (κ3) is 2.76. The van der Waals surface area contributed by atoms with Crippen molar-refractivity contribution >= 4 is 15.9 Å². The number of rotatable bonds is 3. The zero-order valence-electron chi connectivity index (χ0n) is 11.6. The standard InChI is InChI=1S/C16H16BrF2N/c1-9-5-4-6-11(15(9)17)16(20-3)12-8-13(18)10(2)7-14(12)19/h4-8,16,20H,1-3H3. The molecule has 106 valence electrons. The van der Waals surface area contributed by atoms with Crippen molar-refractivity contribution in [3.63, 3.8) is 0 Å². The van der Waals surface area contributed by atoms with E-state index >= 15 is 0 Å². The summed E-state index contributed by atoms with van der Waals surface area (Å²) in [6.45, 7) is 3.52. The minimum atomic E-state index is -0.406. The number of halogens is 3. The molecule has 0 bridgehead atoms. The molecule has 0 saturated heterocycles. The molecule has 0 aromatic heterocycles. The lowest BCUT2D eigenvalue weighted by atomic mass is 9.96. The Bertz CT molecular complexity index is 641. The van der Waals surface area contributed by atoms with E-state index in [1.807, 2.05) is 25.1 Å². The summed E-state index contributed by atoms with van der Waals surface area (Å²) in [4.78, 5) is 0. The molecule has 1 unspecified atom stereocenters. The third-order valence-electron chi connectivity index (χ3n) is 3.41. The number of nitrogens with one attached hydrogen (secondary N) is 1. The van der Waals surface area contributed by atoms with E-state index in [1.54, 1.807) is 14.0 Å². The van der Waals surface area contributed by atoms with Gasteiger partial charge in [-0.25, -0.2) is 8.78 Å². The van der Waals surface area contributed by atoms with Crippen LogP contribution in [-0.4, -0.2) is 7.05 Å². The van der Waals surface area contributed by atoms with Crippen LogP contribution in [0.15, 0.2) is 34.8 Å². The van der Waals surface area contributed by atoms with Crippen LogP contribution in [0.1, 0.15) is 28.3 Å². The molecular formula is C16H16BrF2N. The molecule has 2 aromatic rings. The summed E-state index contributed by atoms with van der Waals surface area (Å²) >= 11 is 3.52. The van der Waals surface area contributed by atoms with Gasteiger partial charge in [-0.3, -0.25) is 0 Å².